The molecular weight excluding hydrogens is 376 g/mol. The molecule has 0 atom stereocenters. The predicted molar refractivity (Wildman–Crippen MR) is 109 cm³/mol. The second-order valence-electron chi connectivity index (χ2n) is 7.31. The zero-order valence-electron chi connectivity index (χ0n) is 15.3. The average molecular weight is 407 g/mol. The predicted octanol–water partition coefficient (Wildman–Crippen LogP) is 3.77. The minimum Gasteiger partial charge on any atom is -0.357 e. The highest BCUT2D eigenvalue weighted by molar-refractivity contribution is 9.10. The molecule has 1 heterocycles. The second-order valence-corrected chi connectivity index (χ2v) is 8.23. The fourth-order valence-electron chi connectivity index (χ4n) is 3.36. The van der Waals surface area contributed by atoms with Gasteiger partial charge in [0.2, 0.25) is 0 Å². The molecule has 1 aliphatic carbocycles. The number of nitrogens with zero attached hydrogens (tertiary/aromatic N) is 2. The van der Waals surface area contributed by atoms with E-state index in [1.54, 1.807) is 0 Å². The minimum absolute atomic E-state index is 0.542. The highest BCUT2D eigenvalue weighted by atomic mass is 79.9. The molecule has 138 valence electrons. The second kappa shape index (κ2) is 9.58. The van der Waals surface area contributed by atoms with Crippen molar-refractivity contribution in [3.63, 3.8) is 0 Å². The molecule has 3 rings (SSSR count). The minimum atomic E-state index is 0.542. The zero-order valence-corrected chi connectivity index (χ0v) is 16.9. The molecule has 4 nitrogen and oxygen atoms in total. The first-order valence-electron chi connectivity index (χ1n) is 9.74. The van der Waals surface area contributed by atoms with Gasteiger partial charge in [-0.3, -0.25) is 9.89 Å². The average Bonchev–Trinajstić information content (AvgIpc) is 3.43. The molecule has 1 aliphatic heterocycles. The number of aliphatic imine (C=N–C) groups is 1. The summed E-state index contributed by atoms with van der Waals surface area (Å²) in [6.07, 6.45) is 6.45. The van der Waals surface area contributed by atoms with Crippen molar-refractivity contribution in [1.29, 1.82) is 0 Å². The lowest BCUT2D eigenvalue weighted by molar-refractivity contribution is 0.198. The summed E-state index contributed by atoms with van der Waals surface area (Å²) in [6.45, 7) is 7.37. The number of nitrogens with one attached hydrogen (secondary N) is 2. The van der Waals surface area contributed by atoms with E-state index in [0.717, 1.165) is 49.1 Å². The van der Waals surface area contributed by atoms with Gasteiger partial charge in [0.05, 0.1) is 0 Å². The number of hydrogen-bond donors (Lipinski definition) is 2. The number of rotatable bonds is 7. The van der Waals surface area contributed by atoms with E-state index >= 15 is 0 Å². The van der Waals surface area contributed by atoms with Crippen LogP contribution in [0.1, 0.15) is 44.6 Å². The number of piperidine rings is 1. The maximum atomic E-state index is 4.76. The molecule has 0 spiro atoms. The summed E-state index contributed by atoms with van der Waals surface area (Å²) in [5.74, 6) is 1.96. The third-order valence-corrected chi connectivity index (χ3v) is 5.62. The Kier molecular flexibility index (Phi) is 7.17. The Morgan fingerprint density at radius 1 is 1.16 bits per heavy atom. The van der Waals surface area contributed by atoms with Gasteiger partial charge in [-0.2, -0.15) is 0 Å². The highest BCUT2D eigenvalue weighted by Gasteiger charge is 2.21. The first kappa shape index (κ1) is 18.7. The summed E-state index contributed by atoms with van der Waals surface area (Å²) in [7, 11) is 0. The summed E-state index contributed by atoms with van der Waals surface area (Å²) in [5, 5.41) is 7.05. The van der Waals surface area contributed by atoms with Crippen molar-refractivity contribution in [1.82, 2.24) is 15.5 Å². The Hall–Kier alpha value is -1.07. The Bertz CT molecular complexity index is 545. The SMILES string of the molecule is CCNC(=NCCC1CC1)NC1CCN(Cc2ccc(Br)cc2)CC1. The van der Waals surface area contributed by atoms with Gasteiger partial charge in [0, 0.05) is 43.2 Å². The molecular formula is C20H31BrN4. The lowest BCUT2D eigenvalue weighted by atomic mass is 10.0. The zero-order chi connectivity index (χ0) is 17.5. The van der Waals surface area contributed by atoms with Crippen molar-refractivity contribution in [2.75, 3.05) is 26.2 Å². The molecule has 1 aromatic rings. The van der Waals surface area contributed by atoms with Crippen molar-refractivity contribution in [3.8, 4) is 0 Å². The van der Waals surface area contributed by atoms with Gasteiger partial charge in [-0.1, -0.05) is 40.9 Å². The van der Waals surface area contributed by atoms with E-state index in [-0.39, 0.29) is 0 Å². The van der Waals surface area contributed by atoms with E-state index in [2.05, 4.69) is 62.7 Å². The summed E-state index contributed by atoms with van der Waals surface area (Å²) < 4.78 is 1.15. The summed E-state index contributed by atoms with van der Waals surface area (Å²) in [6, 6.07) is 9.23. The van der Waals surface area contributed by atoms with Crippen LogP contribution in [0, 0.1) is 5.92 Å². The fourth-order valence-corrected chi connectivity index (χ4v) is 3.63. The number of likely N-dealkylation sites (tertiary alicyclic amines) is 1. The van der Waals surface area contributed by atoms with Crippen LogP contribution in [0.25, 0.3) is 0 Å². The van der Waals surface area contributed by atoms with Gasteiger partial charge in [-0.05, 0) is 49.8 Å². The van der Waals surface area contributed by atoms with Crippen molar-refractivity contribution in [2.24, 2.45) is 10.9 Å². The van der Waals surface area contributed by atoms with Crippen LogP contribution >= 0.6 is 15.9 Å². The van der Waals surface area contributed by atoms with Gasteiger partial charge < -0.3 is 10.6 Å². The van der Waals surface area contributed by atoms with Crippen LogP contribution in [0.2, 0.25) is 0 Å². The van der Waals surface area contributed by atoms with Crippen molar-refractivity contribution in [3.05, 3.63) is 34.3 Å². The van der Waals surface area contributed by atoms with E-state index in [1.807, 2.05) is 0 Å². The number of benzene rings is 1. The number of hydrogen-bond acceptors (Lipinski definition) is 2. The Labute approximate surface area is 160 Å². The molecule has 5 heteroatoms. The molecule has 2 aliphatic rings. The third-order valence-electron chi connectivity index (χ3n) is 5.10. The maximum Gasteiger partial charge on any atom is 0.191 e. The summed E-state index contributed by atoms with van der Waals surface area (Å²) >= 11 is 3.50. The van der Waals surface area contributed by atoms with Crippen LogP contribution < -0.4 is 10.6 Å². The van der Waals surface area contributed by atoms with Gasteiger partial charge in [-0.25, -0.2) is 0 Å². The maximum absolute atomic E-state index is 4.76. The first-order chi connectivity index (χ1) is 12.2. The van der Waals surface area contributed by atoms with Crippen LogP contribution in [0.5, 0.6) is 0 Å². The van der Waals surface area contributed by atoms with E-state index in [0.29, 0.717) is 6.04 Å². The molecule has 1 aromatic carbocycles. The highest BCUT2D eigenvalue weighted by Crippen LogP contribution is 2.32. The lowest BCUT2D eigenvalue weighted by Gasteiger charge is -2.33. The van der Waals surface area contributed by atoms with Gasteiger partial charge in [0.25, 0.3) is 0 Å². The van der Waals surface area contributed by atoms with Gasteiger partial charge in [-0.15, -0.1) is 0 Å². The smallest absolute Gasteiger partial charge is 0.191 e. The molecule has 2 fully saturated rings. The Morgan fingerprint density at radius 3 is 2.52 bits per heavy atom. The standard InChI is InChI=1S/C20H31BrN4/c1-2-22-20(23-12-9-16-3-4-16)24-19-10-13-25(14-11-19)15-17-5-7-18(21)8-6-17/h5-8,16,19H,2-4,9-15H2,1H3,(H2,22,23,24). The van der Waals surface area contributed by atoms with Gasteiger partial charge in [0.15, 0.2) is 5.96 Å². The van der Waals surface area contributed by atoms with Gasteiger partial charge >= 0.3 is 0 Å². The molecule has 1 saturated heterocycles. The molecule has 25 heavy (non-hydrogen) atoms. The van der Waals surface area contributed by atoms with E-state index in [4.69, 9.17) is 4.99 Å². The summed E-state index contributed by atoms with van der Waals surface area (Å²) in [5.41, 5.74) is 1.39. The topological polar surface area (TPSA) is 39.7 Å². The molecule has 0 unspecified atom stereocenters. The molecule has 0 bridgehead atoms. The van der Waals surface area contributed by atoms with Crippen LogP contribution in [0.15, 0.2) is 33.7 Å². The van der Waals surface area contributed by atoms with Crippen LogP contribution in [-0.2, 0) is 6.54 Å². The number of guanidine groups is 1. The largest absolute Gasteiger partial charge is 0.357 e. The van der Waals surface area contributed by atoms with Crippen LogP contribution in [-0.4, -0.2) is 43.1 Å². The van der Waals surface area contributed by atoms with Crippen LogP contribution in [0.3, 0.4) is 0 Å². The van der Waals surface area contributed by atoms with Crippen molar-refractivity contribution >= 4 is 21.9 Å². The van der Waals surface area contributed by atoms with Crippen molar-refractivity contribution in [2.45, 2.75) is 51.6 Å². The third kappa shape index (κ3) is 6.63. The van der Waals surface area contributed by atoms with Crippen molar-refractivity contribution < 1.29 is 0 Å². The Balaban J connectivity index is 1.41. The Morgan fingerprint density at radius 2 is 1.88 bits per heavy atom. The monoisotopic (exact) mass is 406 g/mol. The summed E-state index contributed by atoms with van der Waals surface area (Å²) in [4.78, 5) is 7.31. The lowest BCUT2D eigenvalue weighted by Crippen LogP contribution is -2.48. The van der Waals surface area contributed by atoms with E-state index in [1.165, 1.54) is 37.7 Å². The van der Waals surface area contributed by atoms with E-state index < -0.39 is 0 Å². The van der Waals surface area contributed by atoms with E-state index in [9.17, 15) is 0 Å². The van der Waals surface area contributed by atoms with Crippen LogP contribution in [0.4, 0.5) is 0 Å². The normalized spacial score (nSPS) is 19.8. The molecule has 0 radical (unpaired) electrons. The molecule has 0 aromatic heterocycles. The first-order valence-corrected chi connectivity index (χ1v) is 10.5. The molecule has 2 N–H and O–H groups in total. The molecule has 1 saturated carbocycles. The molecule has 0 amide bonds. The quantitative estimate of drug-likeness (QED) is 0.534. The number of halogens is 1. The fraction of sp³-hybridized carbons (Fsp3) is 0.650. The van der Waals surface area contributed by atoms with Gasteiger partial charge in [0.1, 0.15) is 0 Å².